The van der Waals surface area contributed by atoms with Crippen LogP contribution in [-0.4, -0.2) is 37.2 Å². The Bertz CT molecular complexity index is 995. The molecule has 386 valence electrons. The molecule has 0 bridgehead atoms. The van der Waals surface area contributed by atoms with E-state index in [4.69, 9.17) is 14.2 Å². The topological polar surface area (TPSA) is 78.9 Å². The van der Waals surface area contributed by atoms with Crippen molar-refractivity contribution >= 4 is 17.9 Å². The molecule has 1 unspecified atom stereocenters. The molecule has 0 spiro atoms. The smallest absolute Gasteiger partial charge is 0.306 e. The molecule has 65 heavy (non-hydrogen) atoms. The van der Waals surface area contributed by atoms with Crippen molar-refractivity contribution in [1.82, 2.24) is 0 Å². The zero-order valence-corrected chi connectivity index (χ0v) is 44.6. The van der Waals surface area contributed by atoms with E-state index in [0.29, 0.717) is 19.3 Å². The van der Waals surface area contributed by atoms with Crippen molar-refractivity contribution in [2.24, 2.45) is 11.8 Å². The van der Waals surface area contributed by atoms with Gasteiger partial charge in [-0.25, -0.2) is 0 Å². The van der Waals surface area contributed by atoms with E-state index in [9.17, 15) is 14.4 Å². The highest BCUT2D eigenvalue weighted by Gasteiger charge is 2.19. The second kappa shape index (κ2) is 51.8. The van der Waals surface area contributed by atoms with Gasteiger partial charge < -0.3 is 14.2 Å². The third-order valence-electron chi connectivity index (χ3n) is 13.8. The van der Waals surface area contributed by atoms with Crippen LogP contribution in [0.25, 0.3) is 0 Å². The Morgan fingerprint density at radius 2 is 0.585 bits per heavy atom. The number of hydrogen-bond donors (Lipinski definition) is 0. The lowest BCUT2D eigenvalue weighted by Gasteiger charge is -2.18. The number of hydrogen-bond acceptors (Lipinski definition) is 6. The zero-order chi connectivity index (χ0) is 47.5. The summed E-state index contributed by atoms with van der Waals surface area (Å²) in [4.78, 5) is 38.1. The SMILES string of the molecule is CCCCCCCCCCCCCCCCCCC(=O)O[C@H](COC(=O)CCCCCCCCCCCCCCCCCCCCC(C)C)COC(=O)CCCCCCCCC(C)CC. The van der Waals surface area contributed by atoms with Crippen molar-refractivity contribution in [2.45, 2.75) is 336 Å². The average molecular weight is 920 g/mol. The first-order chi connectivity index (χ1) is 31.8. The van der Waals surface area contributed by atoms with Gasteiger partial charge in [0, 0.05) is 19.3 Å². The quantitative estimate of drug-likeness (QED) is 0.0344. The van der Waals surface area contributed by atoms with Gasteiger partial charge in [-0.1, -0.05) is 291 Å². The van der Waals surface area contributed by atoms with Crippen LogP contribution >= 0.6 is 0 Å². The maximum Gasteiger partial charge on any atom is 0.306 e. The lowest BCUT2D eigenvalue weighted by molar-refractivity contribution is -0.167. The maximum atomic E-state index is 12.8. The van der Waals surface area contributed by atoms with Crippen molar-refractivity contribution in [3.8, 4) is 0 Å². The summed E-state index contributed by atoms with van der Waals surface area (Å²) >= 11 is 0. The molecule has 0 aliphatic rings. The standard InChI is InChI=1S/C59H114O6/c1-6-8-9-10-11-12-13-14-15-21-25-28-31-34-41-46-51-59(62)65-56(53-64-58(61)50-45-40-36-35-38-43-48-55(5)7-2)52-63-57(60)49-44-39-33-30-27-24-22-19-17-16-18-20-23-26-29-32-37-42-47-54(3)4/h54-56H,6-53H2,1-5H3/t55?,56-/m1/s1. The van der Waals surface area contributed by atoms with E-state index in [0.717, 1.165) is 69.6 Å². The van der Waals surface area contributed by atoms with Crippen LogP contribution in [-0.2, 0) is 28.6 Å². The lowest BCUT2D eigenvalue weighted by atomic mass is 10.00. The molecule has 0 saturated heterocycles. The number of esters is 3. The van der Waals surface area contributed by atoms with Crippen LogP contribution in [0.5, 0.6) is 0 Å². The molecular weight excluding hydrogens is 805 g/mol. The van der Waals surface area contributed by atoms with Gasteiger partial charge >= 0.3 is 17.9 Å². The van der Waals surface area contributed by atoms with E-state index in [1.54, 1.807) is 0 Å². The first-order valence-electron chi connectivity index (χ1n) is 29.3. The van der Waals surface area contributed by atoms with Gasteiger partial charge in [-0.3, -0.25) is 14.4 Å². The summed E-state index contributed by atoms with van der Waals surface area (Å²) in [6, 6.07) is 0. The molecule has 0 saturated carbocycles. The monoisotopic (exact) mass is 919 g/mol. The van der Waals surface area contributed by atoms with Crippen molar-refractivity contribution in [1.29, 1.82) is 0 Å². The van der Waals surface area contributed by atoms with E-state index in [-0.39, 0.29) is 31.1 Å². The molecule has 0 amide bonds. The third-order valence-corrected chi connectivity index (χ3v) is 13.8. The molecule has 0 aliphatic heterocycles. The molecule has 0 aromatic carbocycles. The molecule has 0 radical (unpaired) electrons. The molecule has 6 nitrogen and oxygen atoms in total. The molecule has 0 heterocycles. The molecule has 6 heteroatoms. The van der Waals surface area contributed by atoms with Gasteiger partial charge in [0.1, 0.15) is 13.2 Å². The molecule has 0 aliphatic carbocycles. The fraction of sp³-hybridized carbons (Fsp3) is 0.949. The summed E-state index contributed by atoms with van der Waals surface area (Å²) in [5.41, 5.74) is 0. The highest BCUT2D eigenvalue weighted by Crippen LogP contribution is 2.19. The number of ether oxygens (including phenoxy) is 3. The fourth-order valence-corrected chi connectivity index (χ4v) is 9.02. The van der Waals surface area contributed by atoms with E-state index in [2.05, 4.69) is 34.6 Å². The van der Waals surface area contributed by atoms with E-state index >= 15 is 0 Å². The van der Waals surface area contributed by atoms with Crippen molar-refractivity contribution in [3.63, 3.8) is 0 Å². The van der Waals surface area contributed by atoms with Crippen LogP contribution in [0, 0.1) is 11.8 Å². The number of carbonyl (C=O) groups is 3. The van der Waals surface area contributed by atoms with Crippen LogP contribution in [0.15, 0.2) is 0 Å². The maximum absolute atomic E-state index is 12.8. The van der Waals surface area contributed by atoms with Crippen LogP contribution in [0.4, 0.5) is 0 Å². The Hall–Kier alpha value is -1.59. The minimum Gasteiger partial charge on any atom is -0.462 e. The normalized spacial score (nSPS) is 12.5. The molecule has 0 fully saturated rings. The number of rotatable bonds is 53. The minimum atomic E-state index is -0.763. The predicted octanol–water partition coefficient (Wildman–Crippen LogP) is 19.3. The molecular formula is C59H114O6. The van der Waals surface area contributed by atoms with E-state index in [1.165, 1.54) is 218 Å². The van der Waals surface area contributed by atoms with Gasteiger partial charge in [-0.05, 0) is 31.1 Å². The van der Waals surface area contributed by atoms with Crippen LogP contribution in [0.1, 0.15) is 330 Å². The zero-order valence-electron chi connectivity index (χ0n) is 44.6. The number of unbranched alkanes of at least 4 members (excludes halogenated alkanes) is 37. The van der Waals surface area contributed by atoms with Crippen LogP contribution in [0.2, 0.25) is 0 Å². The van der Waals surface area contributed by atoms with Crippen molar-refractivity contribution in [2.75, 3.05) is 13.2 Å². The highest BCUT2D eigenvalue weighted by atomic mass is 16.6. The van der Waals surface area contributed by atoms with Gasteiger partial charge in [0.25, 0.3) is 0 Å². The van der Waals surface area contributed by atoms with E-state index < -0.39 is 6.10 Å². The third kappa shape index (κ3) is 51.6. The second-order valence-corrected chi connectivity index (χ2v) is 21.0. The average Bonchev–Trinajstić information content (AvgIpc) is 3.29. The summed E-state index contributed by atoms with van der Waals surface area (Å²) in [6.45, 7) is 11.4. The summed E-state index contributed by atoms with van der Waals surface area (Å²) in [5.74, 6) is 0.831. The molecule has 0 aromatic rings. The van der Waals surface area contributed by atoms with Gasteiger partial charge in [0.15, 0.2) is 6.10 Å². The molecule has 0 N–H and O–H groups in total. The molecule has 0 rings (SSSR count). The van der Waals surface area contributed by atoms with Gasteiger partial charge in [-0.2, -0.15) is 0 Å². The summed E-state index contributed by atoms with van der Waals surface area (Å²) < 4.78 is 16.9. The second-order valence-electron chi connectivity index (χ2n) is 21.0. The summed E-state index contributed by atoms with van der Waals surface area (Å²) in [7, 11) is 0. The summed E-state index contributed by atoms with van der Waals surface area (Å²) in [5, 5.41) is 0. The first-order valence-corrected chi connectivity index (χ1v) is 29.3. The Balaban J connectivity index is 4.21. The molecule has 0 aromatic heterocycles. The Kier molecular flexibility index (Phi) is 50.5. The first kappa shape index (κ1) is 63.4. The Morgan fingerprint density at radius 3 is 0.877 bits per heavy atom. The molecule has 2 atom stereocenters. The predicted molar refractivity (Wildman–Crippen MR) is 280 cm³/mol. The largest absolute Gasteiger partial charge is 0.462 e. The summed E-state index contributed by atoms with van der Waals surface area (Å²) in [6.07, 6.45) is 55.3. The minimum absolute atomic E-state index is 0.0634. The van der Waals surface area contributed by atoms with Gasteiger partial charge in [0.05, 0.1) is 0 Å². The highest BCUT2D eigenvalue weighted by molar-refractivity contribution is 5.71. The van der Waals surface area contributed by atoms with E-state index in [1.807, 2.05) is 0 Å². The van der Waals surface area contributed by atoms with Crippen LogP contribution in [0.3, 0.4) is 0 Å². The fourth-order valence-electron chi connectivity index (χ4n) is 9.02. The van der Waals surface area contributed by atoms with Gasteiger partial charge in [0.2, 0.25) is 0 Å². The Morgan fingerprint density at radius 1 is 0.323 bits per heavy atom. The Labute approximate surface area is 406 Å². The van der Waals surface area contributed by atoms with Gasteiger partial charge in [-0.15, -0.1) is 0 Å². The van der Waals surface area contributed by atoms with Crippen molar-refractivity contribution in [3.05, 3.63) is 0 Å². The lowest BCUT2D eigenvalue weighted by Crippen LogP contribution is -2.30. The number of carbonyl (C=O) groups excluding carboxylic acids is 3. The van der Waals surface area contributed by atoms with Crippen LogP contribution < -0.4 is 0 Å². The van der Waals surface area contributed by atoms with Crippen molar-refractivity contribution < 1.29 is 28.6 Å².